The van der Waals surface area contributed by atoms with Crippen LogP contribution in [0, 0.1) is 17.5 Å². The topological polar surface area (TPSA) is 77.2 Å². The highest BCUT2D eigenvalue weighted by molar-refractivity contribution is 7.56. The van der Waals surface area contributed by atoms with E-state index in [0.29, 0.717) is 6.07 Å². The fourth-order valence-corrected chi connectivity index (χ4v) is 4.63. The van der Waals surface area contributed by atoms with Gasteiger partial charge in [-0.15, -0.1) is 0 Å². The van der Waals surface area contributed by atoms with Crippen LogP contribution in [0.3, 0.4) is 0 Å². The van der Waals surface area contributed by atoms with E-state index in [0.717, 1.165) is 12.1 Å². The lowest BCUT2D eigenvalue weighted by Crippen LogP contribution is -2.15. The van der Waals surface area contributed by atoms with E-state index < -0.39 is 42.4 Å². The Kier molecular flexibility index (Phi) is 7.34. The maximum absolute atomic E-state index is 14.7. The minimum Gasteiger partial charge on any atom is -0.331 e. The lowest BCUT2D eigenvalue weighted by molar-refractivity contribution is 0.0551. The zero-order valence-corrected chi connectivity index (χ0v) is 18.1. The minimum absolute atomic E-state index is 0.0220. The van der Waals surface area contributed by atoms with Gasteiger partial charge in [-0.1, -0.05) is 23.4 Å². The first kappa shape index (κ1) is 24.3. The summed E-state index contributed by atoms with van der Waals surface area (Å²) in [5, 5.41) is 2.04. The average molecular weight is 496 g/mol. The van der Waals surface area contributed by atoms with Crippen LogP contribution < -0.4 is 5.09 Å². The standard InChI is InChI=1S/C19H16ClF5N3O3P/c1-2-30-32(29,26-9-12-5-6-14(21)8-16(12)23)10-13-4-3-11(7-15(13)22)17-27-18(31-28-17)19(20,24)25/h3-8H,2,9-10H2,1H3,(H,26,29). The molecule has 3 rings (SSSR count). The van der Waals surface area contributed by atoms with Crippen LogP contribution in [0.4, 0.5) is 22.0 Å². The van der Waals surface area contributed by atoms with Crippen molar-refractivity contribution in [1.82, 2.24) is 15.2 Å². The Labute approximate surface area is 184 Å². The van der Waals surface area contributed by atoms with Gasteiger partial charge in [0.05, 0.1) is 12.8 Å². The summed E-state index contributed by atoms with van der Waals surface area (Å²) in [7, 11) is -3.69. The fraction of sp³-hybridized carbons (Fsp3) is 0.263. The predicted molar refractivity (Wildman–Crippen MR) is 106 cm³/mol. The van der Waals surface area contributed by atoms with Crippen LogP contribution in [0.2, 0.25) is 0 Å². The Bertz CT molecular complexity index is 1160. The lowest BCUT2D eigenvalue weighted by Gasteiger charge is -2.20. The Morgan fingerprint density at radius 3 is 2.41 bits per heavy atom. The van der Waals surface area contributed by atoms with E-state index in [1.165, 1.54) is 18.2 Å². The molecule has 0 fully saturated rings. The molecule has 1 unspecified atom stereocenters. The molecule has 0 saturated heterocycles. The Morgan fingerprint density at radius 1 is 1.12 bits per heavy atom. The van der Waals surface area contributed by atoms with E-state index in [9.17, 15) is 26.5 Å². The van der Waals surface area contributed by atoms with Crippen molar-refractivity contribution in [3.05, 3.63) is 70.9 Å². The summed E-state index contributed by atoms with van der Waals surface area (Å²) >= 11 is 4.81. The van der Waals surface area contributed by atoms with Gasteiger partial charge in [0.2, 0.25) is 5.82 Å². The molecule has 32 heavy (non-hydrogen) atoms. The van der Waals surface area contributed by atoms with E-state index in [1.807, 2.05) is 0 Å². The van der Waals surface area contributed by atoms with Crippen molar-refractivity contribution < 1.29 is 35.6 Å². The van der Waals surface area contributed by atoms with Crippen LogP contribution in [0.15, 0.2) is 40.9 Å². The monoisotopic (exact) mass is 495 g/mol. The molecule has 1 atom stereocenters. The molecule has 0 bridgehead atoms. The van der Waals surface area contributed by atoms with Crippen LogP contribution in [-0.2, 0) is 27.2 Å². The number of aromatic nitrogens is 2. The van der Waals surface area contributed by atoms with Crippen molar-refractivity contribution in [3.63, 3.8) is 0 Å². The SMILES string of the molecule is CCOP(=O)(Cc1ccc(-c2noc(C(F)(F)Cl)n2)cc1F)NCc1ccc(F)cc1F. The van der Waals surface area contributed by atoms with Crippen LogP contribution in [0.25, 0.3) is 11.4 Å². The fourth-order valence-electron chi connectivity index (χ4n) is 2.72. The van der Waals surface area contributed by atoms with Gasteiger partial charge < -0.3 is 9.05 Å². The number of rotatable bonds is 9. The molecule has 1 heterocycles. The third-order valence-corrected chi connectivity index (χ3v) is 6.46. The van der Waals surface area contributed by atoms with E-state index in [4.69, 9.17) is 16.1 Å². The first-order chi connectivity index (χ1) is 15.0. The number of alkyl halides is 3. The molecule has 0 amide bonds. The smallest absolute Gasteiger partial charge is 0.331 e. The van der Waals surface area contributed by atoms with E-state index in [1.54, 1.807) is 6.92 Å². The van der Waals surface area contributed by atoms with Gasteiger partial charge in [0.15, 0.2) is 0 Å². The summed E-state index contributed by atoms with van der Waals surface area (Å²) in [6.45, 7) is 1.35. The van der Waals surface area contributed by atoms with E-state index in [2.05, 4.69) is 19.8 Å². The quantitative estimate of drug-likeness (QED) is 0.224. The molecule has 3 aromatic rings. The third kappa shape index (κ3) is 5.92. The lowest BCUT2D eigenvalue weighted by atomic mass is 10.1. The van der Waals surface area contributed by atoms with Crippen LogP contribution >= 0.6 is 19.1 Å². The molecule has 13 heteroatoms. The molecule has 0 saturated carbocycles. The normalized spacial score (nSPS) is 13.8. The highest BCUT2D eigenvalue weighted by atomic mass is 35.5. The van der Waals surface area contributed by atoms with Gasteiger partial charge in [-0.25, -0.2) is 18.3 Å². The van der Waals surface area contributed by atoms with Crippen molar-refractivity contribution in [2.45, 2.75) is 25.0 Å². The van der Waals surface area contributed by atoms with E-state index >= 15 is 0 Å². The molecule has 0 aliphatic heterocycles. The minimum atomic E-state index is -3.87. The van der Waals surface area contributed by atoms with Crippen molar-refractivity contribution in [1.29, 1.82) is 0 Å². The number of nitrogens with zero attached hydrogens (tertiary/aromatic N) is 2. The van der Waals surface area contributed by atoms with Gasteiger partial charge in [0, 0.05) is 23.7 Å². The highest BCUT2D eigenvalue weighted by Gasteiger charge is 2.36. The molecule has 1 N–H and O–H groups in total. The summed E-state index contributed by atoms with van der Waals surface area (Å²) in [6.07, 6.45) is -0.396. The Hall–Kier alpha value is -2.33. The highest BCUT2D eigenvalue weighted by Crippen LogP contribution is 2.47. The van der Waals surface area contributed by atoms with Gasteiger partial charge in [-0.05, 0) is 36.2 Å². The molecule has 2 aromatic carbocycles. The average Bonchev–Trinajstić information content (AvgIpc) is 3.20. The summed E-state index contributed by atoms with van der Waals surface area (Å²) < 4.78 is 90.3. The van der Waals surface area contributed by atoms with Crippen molar-refractivity contribution >= 4 is 19.1 Å². The molecular weight excluding hydrogens is 480 g/mol. The van der Waals surface area contributed by atoms with Crippen molar-refractivity contribution in [2.75, 3.05) is 6.61 Å². The Balaban J connectivity index is 1.78. The first-order valence-corrected chi connectivity index (χ1v) is 11.3. The molecule has 172 valence electrons. The summed E-state index contributed by atoms with van der Waals surface area (Å²) in [5.41, 5.74) is 0.0462. The third-order valence-electron chi connectivity index (χ3n) is 4.22. The summed E-state index contributed by atoms with van der Waals surface area (Å²) in [6, 6.07) is 6.44. The van der Waals surface area contributed by atoms with Crippen LogP contribution in [-0.4, -0.2) is 16.7 Å². The van der Waals surface area contributed by atoms with Gasteiger partial charge >= 0.3 is 11.3 Å². The number of benzene rings is 2. The van der Waals surface area contributed by atoms with Crippen molar-refractivity contribution in [3.8, 4) is 11.4 Å². The number of halogens is 6. The van der Waals surface area contributed by atoms with Gasteiger partial charge in [0.25, 0.3) is 7.52 Å². The Morgan fingerprint density at radius 2 is 1.81 bits per heavy atom. The number of nitrogens with one attached hydrogen (secondary N) is 1. The second-order valence-electron chi connectivity index (χ2n) is 6.55. The maximum Gasteiger partial charge on any atom is 0.400 e. The number of hydrogen-bond donors (Lipinski definition) is 1. The summed E-state index contributed by atoms with van der Waals surface area (Å²) in [4.78, 5) is 3.42. The molecule has 0 aliphatic carbocycles. The molecule has 0 spiro atoms. The summed E-state index contributed by atoms with van der Waals surface area (Å²) in [5.74, 6) is -3.88. The molecule has 1 aromatic heterocycles. The number of hydrogen-bond acceptors (Lipinski definition) is 5. The molecule has 0 radical (unpaired) electrons. The largest absolute Gasteiger partial charge is 0.400 e. The maximum atomic E-state index is 14.7. The van der Waals surface area contributed by atoms with Gasteiger partial charge in [0.1, 0.15) is 17.5 Å². The first-order valence-electron chi connectivity index (χ1n) is 9.13. The van der Waals surface area contributed by atoms with Crippen LogP contribution in [0.1, 0.15) is 23.9 Å². The van der Waals surface area contributed by atoms with E-state index in [-0.39, 0.29) is 35.7 Å². The van der Waals surface area contributed by atoms with Crippen LogP contribution in [0.5, 0.6) is 0 Å². The molecular formula is C19H16ClF5N3O3P. The molecule has 0 aliphatic rings. The second kappa shape index (κ2) is 9.66. The zero-order valence-electron chi connectivity index (χ0n) is 16.4. The second-order valence-corrected chi connectivity index (χ2v) is 9.26. The molecule has 6 nitrogen and oxygen atoms in total. The van der Waals surface area contributed by atoms with Crippen molar-refractivity contribution in [2.24, 2.45) is 0 Å². The van der Waals surface area contributed by atoms with Gasteiger partial charge in [-0.2, -0.15) is 13.8 Å². The van der Waals surface area contributed by atoms with Gasteiger partial charge in [-0.3, -0.25) is 4.57 Å². The zero-order chi connectivity index (χ0) is 23.5. The predicted octanol–water partition coefficient (Wildman–Crippen LogP) is 5.96.